The fraction of sp³-hybridized carbons (Fsp3) is 0.444. The van der Waals surface area contributed by atoms with Gasteiger partial charge in [-0.25, -0.2) is 4.98 Å². The molecule has 22 heavy (non-hydrogen) atoms. The minimum Gasteiger partial charge on any atom is -0.447 e. The van der Waals surface area contributed by atoms with E-state index in [0.717, 1.165) is 5.56 Å². The first-order valence-electron chi connectivity index (χ1n) is 7.75. The number of nitrogens with one attached hydrogen (secondary N) is 1. The van der Waals surface area contributed by atoms with Crippen molar-refractivity contribution in [2.24, 2.45) is 0 Å². The molecule has 2 aromatic rings. The number of hydrogen-bond acceptors (Lipinski definition) is 3. The van der Waals surface area contributed by atoms with E-state index in [1.54, 1.807) is 6.20 Å². The third kappa shape index (κ3) is 3.21. The minimum atomic E-state index is -0.0428. The van der Waals surface area contributed by atoms with Crippen LogP contribution in [0.2, 0.25) is 0 Å². The monoisotopic (exact) mass is 298 g/mol. The van der Waals surface area contributed by atoms with Crippen molar-refractivity contribution in [3.63, 3.8) is 0 Å². The molecular formula is C18H22N2O2. The number of rotatable bonds is 4. The lowest BCUT2D eigenvalue weighted by Gasteiger charge is -2.21. The van der Waals surface area contributed by atoms with Gasteiger partial charge in [-0.15, -0.1) is 0 Å². The summed E-state index contributed by atoms with van der Waals surface area (Å²) in [7, 11) is 0. The Hall–Kier alpha value is -2.10. The zero-order chi connectivity index (χ0) is 15.7. The van der Waals surface area contributed by atoms with E-state index >= 15 is 0 Å². The molecule has 0 atom stereocenters. The predicted molar refractivity (Wildman–Crippen MR) is 84.8 cm³/mol. The molecule has 0 spiro atoms. The van der Waals surface area contributed by atoms with Crippen molar-refractivity contribution in [3.8, 4) is 0 Å². The average molecular weight is 298 g/mol. The smallest absolute Gasteiger partial charge is 0.251 e. The molecule has 116 valence electrons. The second kappa shape index (κ2) is 5.59. The zero-order valence-corrected chi connectivity index (χ0v) is 13.3. The lowest BCUT2D eigenvalue weighted by molar-refractivity contribution is 0.0947. The highest BCUT2D eigenvalue weighted by Crippen LogP contribution is 2.43. The maximum Gasteiger partial charge on any atom is 0.251 e. The quantitative estimate of drug-likeness (QED) is 0.934. The van der Waals surface area contributed by atoms with Gasteiger partial charge in [-0.05, 0) is 41.4 Å². The second-order valence-corrected chi connectivity index (χ2v) is 6.98. The van der Waals surface area contributed by atoms with E-state index in [1.807, 2.05) is 6.07 Å². The largest absolute Gasteiger partial charge is 0.447 e. The van der Waals surface area contributed by atoms with Crippen LogP contribution in [0.3, 0.4) is 0 Å². The molecule has 1 fully saturated rings. The highest BCUT2D eigenvalue weighted by molar-refractivity contribution is 5.96. The zero-order valence-electron chi connectivity index (χ0n) is 13.3. The summed E-state index contributed by atoms with van der Waals surface area (Å²) < 4.78 is 5.15. The molecule has 1 aliphatic rings. The van der Waals surface area contributed by atoms with Crippen LogP contribution in [0.4, 0.5) is 0 Å². The third-order valence-electron chi connectivity index (χ3n) is 4.09. The summed E-state index contributed by atoms with van der Waals surface area (Å²) in [6, 6.07) is 6.24. The van der Waals surface area contributed by atoms with Gasteiger partial charge in [0.15, 0.2) is 6.39 Å². The SMILES string of the molecule is CC(C)(C)c1ccc(C(=O)NCc2cnco2)c(C2CC2)c1. The molecule has 0 aliphatic heterocycles. The Balaban J connectivity index is 1.81. The van der Waals surface area contributed by atoms with Crippen molar-refractivity contribution in [1.82, 2.24) is 10.3 Å². The first-order chi connectivity index (χ1) is 10.4. The molecule has 1 amide bonds. The van der Waals surface area contributed by atoms with Gasteiger partial charge in [0.2, 0.25) is 0 Å². The molecule has 3 rings (SSSR count). The maximum atomic E-state index is 12.5. The predicted octanol–water partition coefficient (Wildman–Crippen LogP) is 3.78. The van der Waals surface area contributed by atoms with Gasteiger partial charge in [0, 0.05) is 5.56 Å². The van der Waals surface area contributed by atoms with Crippen molar-refractivity contribution >= 4 is 5.91 Å². The van der Waals surface area contributed by atoms with Crippen LogP contribution in [-0.4, -0.2) is 10.9 Å². The molecule has 1 aromatic carbocycles. The summed E-state index contributed by atoms with van der Waals surface area (Å²) in [6.07, 6.45) is 5.34. The molecule has 1 N–H and O–H groups in total. The van der Waals surface area contributed by atoms with Crippen LogP contribution < -0.4 is 5.32 Å². The molecular weight excluding hydrogens is 276 g/mol. The van der Waals surface area contributed by atoms with Crippen LogP contribution in [0, 0.1) is 0 Å². The van der Waals surface area contributed by atoms with Crippen molar-refractivity contribution in [1.29, 1.82) is 0 Å². The van der Waals surface area contributed by atoms with Crippen molar-refractivity contribution < 1.29 is 9.21 Å². The number of carbonyl (C=O) groups excluding carboxylic acids is 1. The Bertz CT molecular complexity index is 665. The number of carbonyl (C=O) groups is 1. The first-order valence-corrected chi connectivity index (χ1v) is 7.75. The van der Waals surface area contributed by atoms with Gasteiger partial charge in [-0.2, -0.15) is 0 Å². The van der Waals surface area contributed by atoms with E-state index in [4.69, 9.17) is 4.42 Å². The van der Waals surface area contributed by atoms with Gasteiger partial charge in [-0.3, -0.25) is 4.79 Å². The summed E-state index contributed by atoms with van der Waals surface area (Å²) in [4.78, 5) is 16.3. The molecule has 0 saturated heterocycles. The number of amides is 1. The normalized spacial score (nSPS) is 14.9. The summed E-state index contributed by atoms with van der Waals surface area (Å²) in [6.45, 7) is 6.96. The Morgan fingerprint density at radius 3 is 2.73 bits per heavy atom. The summed E-state index contributed by atoms with van der Waals surface area (Å²) >= 11 is 0. The van der Waals surface area contributed by atoms with E-state index in [1.165, 1.54) is 30.4 Å². The minimum absolute atomic E-state index is 0.0428. The molecule has 4 nitrogen and oxygen atoms in total. The second-order valence-electron chi connectivity index (χ2n) is 6.98. The summed E-state index contributed by atoms with van der Waals surface area (Å²) in [5, 5.41) is 2.91. The molecule has 4 heteroatoms. The van der Waals surface area contributed by atoms with E-state index in [0.29, 0.717) is 18.2 Å². The highest BCUT2D eigenvalue weighted by atomic mass is 16.3. The fourth-order valence-electron chi connectivity index (χ4n) is 2.56. The van der Waals surface area contributed by atoms with Crippen molar-refractivity contribution in [2.45, 2.75) is 51.5 Å². The van der Waals surface area contributed by atoms with Crippen LogP contribution in [0.25, 0.3) is 0 Å². The van der Waals surface area contributed by atoms with Gasteiger partial charge < -0.3 is 9.73 Å². The van der Waals surface area contributed by atoms with E-state index in [9.17, 15) is 4.79 Å². The average Bonchev–Trinajstić information content (AvgIpc) is 3.19. The van der Waals surface area contributed by atoms with Crippen LogP contribution in [0.15, 0.2) is 35.2 Å². The Kier molecular flexibility index (Phi) is 3.77. The van der Waals surface area contributed by atoms with Crippen LogP contribution >= 0.6 is 0 Å². The molecule has 0 radical (unpaired) electrons. The van der Waals surface area contributed by atoms with E-state index in [-0.39, 0.29) is 11.3 Å². The molecule has 0 unspecified atom stereocenters. The molecule has 1 heterocycles. The van der Waals surface area contributed by atoms with Crippen LogP contribution in [0.1, 0.15) is 66.8 Å². The lowest BCUT2D eigenvalue weighted by Crippen LogP contribution is -2.24. The maximum absolute atomic E-state index is 12.5. The fourth-order valence-corrected chi connectivity index (χ4v) is 2.56. The Morgan fingerprint density at radius 1 is 1.36 bits per heavy atom. The lowest BCUT2D eigenvalue weighted by atomic mass is 9.84. The molecule has 1 saturated carbocycles. The molecule has 0 bridgehead atoms. The number of benzene rings is 1. The number of hydrogen-bond donors (Lipinski definition) is 1. The highest BCUT2D eigenvalue weighted by Gasteiger charge is 2.29. The first kappa shape index (κ1) is 14.8. The van der Waals surface area contributed by atoms with Crippen LogP contribution in [0.5, 0.6) is 0 Å². The summed E-state index contributed by atoms with van der Waals surface area (Å²) in [5.41, 5.74) is 3.34. The topological polar surface area (TPSA) is 55.1 Å². The van der Waals surface area contributed by atoms with Gasteiger partial charge in [0.25, 0.3) is 5.91 Å². The van der Waals surface area contributed by atoms with Gasteiger partial charge in [0.1, 0.15) is 5.76 Å². The van der Waals surface area contributed by atoms with Crippen LogP contribution in [-0.2, 0) is 12.0 Å². The molecule has 1 aromatic heterocycles. The van der Waals surface area contributed by atoms with Gasteiger partial charge >= 0.3 is 0 Å². The van der Waals surface area contributed by atoms with Gasteiger partial charge in [0.05, 0.1) is 12.7 Å². The summed E-state index contributed by atoms with van der Waals surface area (Å²) in [5.74, 6) is 1.15. The Morgan fingerprint density at radius 2 is 2.14 bits per heavy atom. The van der Waals surface area contributed by atoms with Crippen molar-refractivity contribution in [2.75, 3.05) is 0 Å². The Labute approximate surface area is 130 Å². The van der Waals surface area contributed by atoms with Crippen molar-refractivity contribution in [3.05, 3.63) is 53.2 Å². The number of aromatic nitrogens is 1. The molecule has 1 aliphatic carbocycles. The number of oxazole rings is 1. The standard InChI is InChI=1S/C18H22N2O2/c1-18(2,3)13-6-7-15(16(8-13)12-4-5-12)17(21)20-10-14-9-19-11-22-14/h6-9,11-12H,4-5,10H2,1-3H3,(H,20,21). The van der Waals surface area contributed by atoms with E-state index in [2.05, 4.69) is 43.2 Å². The van der Waals surface area contributed by atoms with E-state index < -0.39 is 0 Å². The van der Waals surface area contributed by atoms with Gasteiger partial charge in [-0.1, -0.05) is 32.9 Å². The number of nitrogens with zero attached hydrogens (tertiary/aromatic N) is 1. The third-order valence-corrected chi connectivity index (χ3v) is 4.09.